The molecule has 0 aliphatic carbocycles. The van der Waals surface area contributed by atoms with E-state index < -0.39 is 0 Å². The summed E-state index contributed by atoms with van der Waals surface area (Å²) in [6.45, 7) is 1.09. The molecule has 0 bridgehead atoms. The quantitative estimate of drug-likeness (QED) is 0.942. The Balaban J connectivity index is 1.65. The summed E-state index contributed by atoms with van der Waals surface area (Å²) >= 11 is 0. The van der Waals surface area contributed by atoms with Gasteiger partial charge in [0.25, 0.3) is 0 Å². The first kappa shape index (κ1) is 15.4. The van der Waals surface area contributed by atoms with E-state index in [1.165, 1.54) is 11.3 Å². The molecule has 1 heterocycles. The molecule has 0 aromatic heterocycles. The number of aryl methyl sites for hydroxylation is 1. The molecule has 0 unspecified atom stereocenters. The summed E-state index contributed by atoms with van der Waals surface area (Å²) in [5.74, 6) is 0.798. The molecule has 2 aromatic rings. The molecular formula is C19H22N2O2. The number of nitrogens with one attached hydrogen (secondary N) is 1. The maximum Gasteiger partial charge on any atom is 0.228 e. The normalized spacial score (nSPS) is 13.4. The number of carbonyl (C=O) groups excluding carboxylic acids is 1. The molecule has 1 N–H and O–H groups in total. The first-order valence-electron chi connectivity index (χ1n) is 7.92. The summed E-state index contributed by atoms with van der Waals surface area (Å²) in [4.78, 5) is 14.5. The van der Waals surface area contributed by atoms with Crippen LogP contribution in [0.3, 0.4) is 0 Å². The van der Waals surface area contributed by atoms with Crippen LogP contribution < -0.4 is 15.0 Å². The predicted octanol–water partition coefficient (Wildman–Crippen LogP) is 3.26. The van der Waals surface area contributed by atoms with Gasteiger partial charge < -0.3 is 15.0 Å². The van der Waals surface area contributed by atoms with Gasteiger partial charge in [0, 0.05) is 25.0 Å². The molecule has 0 radical (unpaired) electrons. The average Bonchev–Trinajstić information content (AvgIpc) is 2.55. The van der Waals surface area contributed by atoms with Gasteiger partial charge in [0.1, 0.15) is 5.75 Å². The van der Waals surface area contributed by atoms with Crippen LogP contribution in [0, 0.1) is 0 Å². The maximum atomic E-state index is 12.2. The van der Waals surface area contributed by atoms with Crippen LogP contribution in [-0.2, 0) is 17.6 Å². The van der Waals surface area contributed by atoms with E-state index in [4.69, 9.17) is 4.74 Å². The molecule has 0 spiro atoms. The van der Waals surface area contributed by atoms with Gasteiger partial charge in [-0.25, -0.2) is 0 Å². The summed E-state index contributed by atoms with van der Waals surface area (Å²) < 4.78 is 5.13. The number of ether oxygens (including phenoxy) is 1. The second-order valence-corrected chi connectivity index (χ2v) is 5.94. The third kappa shape index (κ3) is 3.65. The smallest absolute Gasteiger partial charge is 0.228 e. The van der Waals surface area contributed by atoms with E-state index in [0.717, 1.165) is 36.4 Å². The van der Waals surface area contributed by atoms with Gasteiger partial charge in [0.15, 0.2) is 0 Å². The Morgan fingerprint density at radius 1 is 1.22 bits per heavy atom. The zero-order chi connectivity index (χ0) is 16.2. The number of rotatable bonds is 4. The molecule has 0 saturated carbocycles. The first-order valence-corrected chi connectivity index (χ1v) is 7.92. The molecule has 120 valence electrons. The van der Waals surface area contributed by atoms with Gasteiger partial charge in [0.2, 0.25) is 5.91 Å². The Kier molecular flexibility index (Phi) is 4.51. The Hall–Kier alpha value is -2.49. The number of benzene rings is 2. The zero-order valence-electron chi connectivity index (χ0n) is 13.6. The highest BCUT2D eigenvalue weighted by atomic mass is 16.5. The van der Waals surface area contributed by atoms with Gasteiger partial charge in [-0.05, 0) is 54.3 Å². The van der Waals surface area contributed by atoms with Crippen LogP contribution in [0.1, 0.15) is 17.5 Å². The van der Waals surface area contributed by atoms with Crippen LogP contribution in [-0.4, -0.2) is 26.6 Å². The Labute approximate surface area is 137 Å². The second kappa shape index (κ2) is 6.73. The van der Waals surface area contributed by atoms with E-state index in [1.54, 1.807) is 7.11 Å². The van der Waals surface area contributed by atoms with Crippen molar-refractivity contribution in [2.45, 2.75) is 19.3 Å². The van der Waals surface area contributed by atoms with Crippen LogP contribution in [0.25, 0.3) is 0 Å². The van der Waals surface area contributed by atoms with E-state index in [2.05, 4.69) is 29.4 Å². The van der Waals surface area contributed by atoms with Crippen molar-refractivity contribution in [1.82, 2.24) is 0 Å². The van der Waals surface area contributed by atoms with E-state index in [9.17, 15) is 4.79 Å². The Morgan fingerprint density at radius 3 is 2.74 bits per heavy atom. The second-order valence-electron chi connectivity index (χ2n) is 5.94. The van der Waals surface area contributed by atoms with Crippen molar-refractivity contribution in [3.05, 3.63) is 53.6 Å². The lowest BCUT2D eigenvalue weighted by molar-refractivity contribution is -0.115. The zero-order valence-corrected chi connectivity index (χ0v) is 13.6. The molecule has 1 aliphatic rings. The lowest BCUT2D eigenvalue weighted by atomic mass is 10.0. The fourth-order valence-corrected chi connectivity index (χ4v) is 3.00. The number of amides is 1. The molecule has 1 aliphatic heterocycles. The van der Waals surface area contributed by atoms with Crippen LogP contribution in [0.5, 0.6) is 5.75 Å². The Bertz CT molecular complexity index is 695. The molecular weight excluding hydrogens is 288 g/mol. The largest absolute Gasteiger partial charge is 0.497 e. The van der Waals surface area contributed by atoms with E-state index >= 15 is 0 Å². The van der Waals surface area contributed by atoms with Crippen LogP contribution in [0.2, 0.25) is 0 Å². The van der Waals surface area contributed by atoms with Crippen molar-refractivity contribution in [2.24, 2.45) is 0 Å². The molecule has 0 atom stereocenters. The van der Waals surface area contributed by atoms with Crippen molar-refractivity contribution in [3.63, 3.8) is 0 Å². The molecule has 4 heteroatoms. The minimum atomic E-state index is -0.000666. The molecule has 1 amide bonds. The van der Waals surface area contributed by atoms with Crippen LogP contribution in [0.4, 0.5) is 11.4 Å². The molecule has 23 heavy (non-hydrogen) atoms. The molecule has 0 fully saturated rings. The standard InChI is InChI=1S/C19H22N2O2/c1-21-11-3-4-15-13-16(7-10-18(15)21)20-19(22)12-14-5-8-17(23-2)9-6-14/h5-10,13H,3-4,11-12H2,1-2H3,(H,20,22). The summed E-state index contributed by atoms with van der Waals surface area (Å²) in [6.07, 6.45) is 2.59. The van der Waals surface area contributed by atoms with Gasteiger partial charge in [-0.2, -0.15) is 0 Å². The van der Waals surface area contributed by atoms with Gasteiger partial charge >= 0.3 is 0 Å². The first-order chi connectivity index (χ1) is 11.2. The van der Waals surface area contributed by atoms with Crippen molar-refractivity contribution < 1.29 is 9.53 Å². The summed E-state index contributed by atoms with van der Waals surface area (Å²) in [5, 5.41) is 3.00. The van der Waals surface area contributed by atoms with E-state index in [1.807, 2.05) is 30.3 Å². The summed E-state index contributed by atoms with van der Waals surface area (Å²) in [6, 6.07) is 13.7. The van der Waals surface area contributed by atoms with Crippen LogP contribution >= 0.6 is 0 Å². The molecule has 4 nitrogen and oxygen atoms in total. The van der Waals surface area contributed by atoms with E-state index in [-0.39, 0.29) is 5.91 Å². The highest BCUT2D eigenvalue weighted by Crippen LogP contribution is 2.28. The summed E-state index contributed by atoms with van der Waals surface area (Å²) in [7, 11) is 3.75. The number of nitrogens with zero attached hydrogens (tertiary/aromatic N) is 1. The number of hydrogen-bond acceptors (Lipinski definition) is 3. The lowest BCUT2D eigenvalue weighted by Gasteiger charge is -2.27. The lowest BCUT2D eigenvalue weighted by Crippen LogP contribution is -2.24. The highest BCUT2D eigenvalue weighted by Gasteiger charge is 2.14. The maximum absolute atomic E-state index is 12.2. The minimum Gasteiger partial charge on any atom is -0.497 e. The van der Waals surface area contributed by atoms with E-state index in [0.29, 0.717) is 6.42 Å². The number of anilines is 2. The topological polar surface area (TPSA) is 41.6 Å². The number of hydrogen-bond donors (Lipinski definition) is 1. The predicted molar refractivity (Wildman–Crippen MR) is 93.4 cm³/mol. The van der Waals surface area contributed by atoms with Crippen molar-refractivity contribution >= 4 is 17.3 Å². The average molecular weight is 310 g/mol. The van der Waals surface area contributed by atoms with Gasteiger partial charge in [-0.15, -0.1) is 0 Å². The molecule has 0 saturated heterocycles. The fraction of sp³-hybridized carbons (Fsp3) is 0.316. The number of methoxy groups -OCH3 is 1. The van der Waals surface area contributed by atoms with Crippen molar-refractivity contribution in [1.29, 1.82) is 0 Å². The Morgan fingerprint density at radius 2 is 2.00 bits per heavy atom. The van der Waals surface area contributed by atoms with Gasteiger partial charge in [-0.1, -0.05) is 12.1 Å². The third-order valence-corrected chi connectivity index (χ3v) is 4.24. The molecule has 2 aromatic carbocycles. The van der Waals surface area contributed by atoms with Crippen molar-refractivity contribution in [2.75, 3.05) is 30.9 Å². The highest BCUT2D eigenvalue weighted by molar-refractivity contribution is 5.92. The monoisotopic (exact) mass is 310 g/mol. The fourth-order valence-electron chi connectivity index (χ4n) is 3.00. The third-order valence-electron chi connectivity index (χ3n) is 4.24. The van der Waals surface area contributed by atoms with Crippen LogP contribution in [0.15, 0.2) is 42.5 Å². The minimum absolute atomic E-state index is 0.000666. The molecule has 3 rings (SSSR count). The summed E-state index contributed by atoms with van der Waals surface area (Å²) in [5.41, 5.74) is 4.42. The van der Waals surface area contributed by atoms with Crippen molar-refractivity contribution in [3.8, 4) is 5.75 Å². The van der Waals surface area contributed by atoms with Gasteiger partial charge in [-0.3, -0.25) is 4.79 Å². The number of carbonyl (C=O) groups is 1. The number of fused-ring (bicyclic) bond motifs is 1. The van der Waals surface area contributed by atoms with Gasteiger partial charge in [0.05, 0.1) is 13.5 Å². The SMILES string of the molecule is COc1ccc(CC(=O)Nc2ccc3c(c2)CCCN3C)cc1.